The highest BCUT2D eigenvalue weighted by atomic mass is 16.1. The lowest BCUT2D eigenvalue weighted by molar-refractivity contribution is 0.102. The normalized spacial score (nSPS) is 15.6. The molecule has 0 aliphatic carbocycles. The maximum absolute atomic E-state index is 12.2. The minimum absolute atomic E-state index is 0.314. The van der Waals surface area contributed by atoms with Crippen LogP contribution in [0.4, 0.5) is 11.6 Å². The summed E-state index contributed by atoms with van der Waals surface area (Å²) < 4.78 is 0. The quantitative estimate of drug-likeness (QED) is 0.870. The van der Waals surface area contributed by atoms with E-state index in [1.54, 1.807) is 12.3 Å². The zero-order chi connectivity index (χ0) is 15.4. The molecule has 3 heterocycles. The number of rotatable bonds is 3. The molecule has 2 aromatic heterocycles. The van der Waals surface area contributed by atoms with Gasteiger partial charge in [-0.3, -0.25) is 9.78 Å². The van der Waals surface area contributed by atoms with Gasteiger partial charge in [0, 0.05) is 44.6 Å². The average molecular weight is 299 g/mol. The standard InChI is InChI=1S/C14H17N7O/c1-20-4-6-21(7-5-20)13-8-11(17-10-18-13)14(22)19-12-9-15-2-3-16-12/h2-3,8-10H,4-7H2,1H3,(H,16,19,22). The largest absolute Gasteiger partial charge is 0.354 e. The zero-order valence-corrected chi connectivity index (χ0v) is 12.3. The number of piperazine rings is 1. The molecule has 1 N–H and O–H groups in total. The van der Waals surface area contributed by atoms with Crippen molar-refractivity contribution in [1.29, 1.82) is 0 Å². The molecule has 1 aliphatic heterocycles. The van der Waals surface area contributed by atoms with E-state index in [-0.39, 0.29) is 5.91 Å². The van der Waals surface area contributed by atoms with Gasteiger partial charge in [0.05, 0.1) is 6.20 Å². The maximum atomic E-state index is 12.2. The van der Waals surface area contributed by atoms with Crippen molar-refractivity contribution in [3.8, 4) is 0 Å². The molecule has 0 aromatic carbocycles. The molecule has 0 bridgehead atoms. The van der Waals surface area contributed by atoms with Crippen molar-refractivity contribution in [2.45, 2.75) is 0 Å². The molecule has 3 rings (SSSR count). The van der Waals surface area contributed by atoms with E-state index in [1.165, 1.54) is 18.7 Å². The van der Waals surface area contributed by atoms with Gasteiger partial charge in [0.25, 0.3) is 5.91 Å². The fourth-order valence-corrected chi connectivity index (χ4v) is 2.22. The van der Waals surface area contributed by atoms with Crippen molar-refractivity contribution in [2.75, 3.05) is 43.4 Å². The Labute approximate surface area is 128 Å². The second-order valence-electron chi connectivity index (χ2n) is 5.10. The van der Waals surface area contributed by atoms with Crippen molar-refractivity contribution in [1.82, 2.24) is 24.8 Å². The van der Waals surface area contributed by atoms with E-state index >= 15 is 0 Å². The van der Waals surface area contributed by atoms with Crippen LogP contribution in [-0.4, -0.2) is 64.0 Å². The molecule has 8 heteroatoms. The molecule has 1 amide bonds. The number of amides is 1. The lowest BCUT2D eigenvalue weighted by atomic mass is 10.3. The summed E-state index contributed by atoms with van der Waals surface area (Å²) in [6.07, 6.45) is 5.97. The van der Waals surface area contributed by atoms with Crippen LogP contribution in [0.25, 0.3) is 0 Å². The molecular weight excluding hydrogens is 282 g/mol. The molecule has 2 aromatic rings. The summed E-state index contributed by atoms with van der Waals surface area (Å²) in [7, 11) is 2.09. The number of carbonyl (C=O) groups excluding carboxylic acids is 1. The molecule has 1 saturated heterocycles. The lowest BCUT2D eigenvalue weighted by Gasteiger charge is -2.33. The molecule has 114 valence electrons. The van der Waals surface area contributed by atoms with Crippen LogP contribution >= 0.6 is 0 Å². The van der Waals surface area contributed by atoms with Crippen LogP contribution in [0.3, 0.4) is 0 Å². The summed E-state index contributed by atoms with van der Waals surface area (Å²) >= 11 is 0. The van der Waals surface area contributed by atoms with Crippen LogP contribution in [-0.2, 0) is 0 Å². The molecule has 8 nitrogen and oxygen atoms in total. The van der Waals surface area contributed by atoms with E-state index in [4.69, 9.17) is 0 Å². The first-order valence-corrected chi connectivity index (χ1v) is 7.05. The fraction of sp³-hybridized carbons (Fsp3) is 0.357. The highest BCUT2D eigenvalue weighted by Crippen LogP contribution is 2.14. The summed E-state index contributed by atoms with van der Waals surface area (Å²) in [6.45, 7) is 3.73. The molecule has 1 aliphatic rings. The minimum Gasteiger partial charge on any atom is -0.354 e. The first kappa shape index (κ1) is 14.3. The van der Waals surface area contributed by atoms with E-state index in [1.807, 2.05) is 0 Å². The predicted octanol–water partition coefficient (Wildman–Crippen LogP) is 0.271. The van der Waals surface area contributed by atoms with Crippen molar-refractivity contribution in [2.24, 2.45) is 0 Å². The van der Waals surface area contributed by atoms with Gasteiger partial charge < -0.3 is 15.1 Å². The summed E-state index contributed by atoms with van der Waals surface area (Å²) in [4.78, 5) is 32.8. The van der Waals surface area contributed by atoms with Gasteiger partial charge in [-0.15, -0.1) is 0 Å². The van der Waals surface area contributed by atoms with Crippen LogP contribution in [0.1, 0.15) is 10.5 Å². The number of hydrogen-bond acceptors (Lipinski definition) is 7. The number of hydrogen-bond donors (Lipinski definition) is 1. The van der Waals surface area contributed by atoms with Gasteiger partial charge in [0.15, 0.2) is 5.82 Å². The first-order chi connectivity index (χ1) is 10.7. The van der Waals surface area contributed by atoms with E-state index in [0.29, 0.717) is 11.5 Å². The van der Waals surface area contributed by atoms with Gasteiger partial charge in [0.2, 0.25) is 0 Å². The maximum Gasteiger partial charge on any atom is 0.275 e. The third kappa shape index (κ3) is 3.34. The van der Waals surface area contributed by atoms with Gasteiger partial charge in [-0.2, -0.15) is 0 Å². The summed E-state index contributed by atoms with van der Waals surface area (Å²) in [5, 5.41) is 2.67. The topological polar surface area (TPSA) is 87.1 Å². The summed E-state index contributed by atoms with van der Waals surface area (Å²) in [5.41, 5.74) is 0.314. The SMILES string of the molecule is CN1CCN(c2cc(C(=O)Nc3cnccn3)ncn2)CC1. The Bertz CT molecular complexity index is 641. The number of aromatic nitrogens is 4. The smallest absolute Gasteiger partial charge is 0.275 e. The molecule has 0 radical (unpaired) electrons. The molecule has 0 unspecified atom stereocenters. The highest BCUT2D eigenvalue weighted by molar-refractivity contribution is 6.02. The Morgan fingerprint density at radius 1 is 1.14 bits per heavy atom. The van der Waals surface area contributed by atoms with Gasteiger partial charge in [-0.05, 0) is 7.05 Å². The fourth-order valence-electron chi connectivity index (χ4n) is 2.22. The first-order valence-electron chi connectivity index (χ1n) is 7.05. The Hall–Kier alpha value is -2.61. The second-order valence-corrected chi connectivity index (χ2v) is 5.10. The monoisotopic (exact) mass is 299 g/mol. The summed E-state index contributed by atoms with van der Waals surface area (Å²) in [6, 6.07) is 1.71. The van der Waals surface area contributed by atoms with Crippen molar-refractivity contribution >= 4 is 17.5 Å². The van der Waals surface area contributed by atoms with Gasteiger partial charge >= 0.3 is 0 Å². The Morgan fingerprint density at radius 2 is 1.95 bits per heavy atom. The van der Waals surface area contributed by atoms with Crippen LogP contribution in [0.15, 0.2) is 31.0 Å². The lowest BCUT2D eigenvalue weighted by Crippen LogP contribution is -2.44. The number of likely N-dealkylation sites (N-methyl/N-ethyl adjacent to an activating group) is 1. The van der Waals surface area contributed by atoms with E-state index in [0.717, 1.165) is 32.0 Å². The second kappa shape index (κ2) is 6.44. The number of carbonyl (C=O) groups is 1. The molecule has 0 spiro atoms. The van der Waals surface area contributed by atoms with Crippen molar-refractivity contribution in [3.05, 3.63) is 36.7 Å². The minimum atomic E-state index is -0.321. The molecule has 1 fully saturated rings. The average Bonchev–Trinajstić information content (AvgIpc) is 2.56. The van der Waals surface area contributed by atoms with Gasteiger partial charge in [-0.25, -0.2) is 15.0 Å². The van der Waals surface area contributed by atoms with E-state index < -0.39 is 0 Å². The summed E-state index contributed by atoms with van der Waals surface area (Å²) in [5.74, 6) is 0.845. The zero-order valence-electron chi connectivity index (χ0n) is 12.3. The molecule has 22 heavy (non-hydrogen) atoms. The van der Waals surface area contributed by atoms with Crippen LogP contribution < -0.4 is 10.2 Å². The predicted molar refractivity (Wildman–Crippen MR) is 81.7 cm³/mol. The van der Waals surface area contributed by atoms with Gasteiger partial charge in [0.1, 0.15) is 17.8 Å². The third-order valence-electron chi connectivity index (χ3n) is 3.52. The van der Waals surface area contributed by atoms with Crippen LogP contribution in [0.5, 0.6) is 0 Å². The Morgan fingerprint density at radius 3 is 2.68 bits per heavy atom. The number of nitrogens with one attached hydrogen (secondary N) is 1. The third-order valence-corrected chi connectivity index (χ3v) is 3.52. The molecular formula is C14H17N7O. The van der Waals surface area contributed by atoms with Gasteiger partial charge in [-0.1, -0.05) is 0 Å². The van der Waals surface area contributed by atoms with E-state index in [2.05, 4.69) is 42.1 Å². The number of nitrogens with zero attached hydrogens (tertiary/aromatic N) is 6. The Kier molecular flexibility index (Phi) is 4.19. The van der Waals surface area contributed by atoms with Crippen molar-refractivity contribution < 1.29 is 4.79 Å². The van der Waals surface area contributed by atoms with Crippen molar-refractivity contribution in [3.63, 3.8) is 0 Å². The Balaban J connectivity index is 1.72. The van der Waals surface area contributed by atoms with E-state index in [9.17, 15) is 4.79 Å². The molecule has 0 saturated carbocycles. The van der Waals surface area contributed by atoms with Crippen LogP contribution in [0.2, 0.25) is 0 Å². The highest BCUT2D eigenvalue weighted by Gasteiger charge is 2.17. The van der Waals surface area contributed by atoms with Crippen LogP contribution in [0, 0.1) is 0 Å². The molecule has 0 atom stereocenters. The number of anilines is 2.